The van der Waals surface area contributed by atoms with Crippen molar-refractivity contribution in [3.63, 3.8) is 0 Å². The summed E-state index contributed by atoms with van der Waals surface area (Å²) in [6.45, 7) is 3.89. The normalized spacial score (nSPS) is 14.5. The molecule has 1 fully saturated rings. The molecule has 0 aliphatic heterocycles. The third-order valence-electron chi connectivity index (χ3n) is 7.49. The Morgan fingerprint density at radius 3 is 2.33 bits per heavy atom. The van der Waals surface area contributed by atoms with E-state index >= 15 is 0 Å². The van der Waals surface area contributed by atoms with E-state index in [4.69, 9.17) is 0 Å². The van der Waals surface area contributed by atoms with E-state index in [0.29, 0.717) is 16.9 Å². The van der Waals surface area contributed by atoms with Crippen molar-refractivity contribution < 1.29 is 14.0 Å². The number of rotatable bonds is 7. The predicted octanol–water partition coefficient (Wildman–Crippen LogP) is 7.27. The molecule has 1 saturated carbocycles. The summed E-state index contributed by atoms with van der Waals surface area (Å²) >= 11 is 0. The molecule has 5 nitrogen and oxygen atoms in total. The van der Waals surface area contributed by atoms with Crippen molar-refractivity contribution in [1.82, 2.24) is 10.3 Å². The Hall–Kier alpha value is -4.19. The van der Waals surface area contributed by atoms with Crippen LogP contribution in [-0.4, -0.2) is 22.8 Å². The first-order valence-electron chi connectivity index (χ1n) is 13.6. The zero-order chi connectivity index (χ0) is 27.4. The number of aryl methyl sites for hydroxylation is 2. The van der Waals surface area contributed by atoms with Crippen molar-refractivity contribution in [2.75, 3.05) is 4.90 Å². The maximum absolute atomic E-state index is 14.4. The molecule has 1 unspecified atom stereocenters. The molecule has 0 bridgehead atoms. The molecular weight excluding hydrogens is 489 g/mol. The van der Waals surface area contributed by atoms with Crippen molar-refractivity contribution in [1.29, 1.82) is 0 Å². The highest BCUT2D eigenvalue weighted by Gasteiger charge is 2.36. The lowest BCUT2D eigenvalue weighted by Crippen LogP contribution is -2.47. The van der Waals surface area contributed by atoms with E-state index in [-0.39, 0.29) is 17.9 Å². The zero-order valence-corrected chi connectivity index (χ0v) is 22.4. The molecule has 200 valence electrons. The second-order valence-corrected chi connectivity index (χ2v) is 10.4. The lowest BCUT2D eigenvalue weighted by atomic mass is 9.94. The minimum absolute atomic E-state index is 0.0555. The highest BCUT2D eigenvalue weighted by Crippen LogP contribution is 2.34. The Morgan fingerprint density at radius 1 is 0.897 bits per heavy atom. The molecule has 0 saturated heterocycles. The van der Waals surface area contributed by atoms with Crippen LogP contribution in [0, 0.1) is 19.7 Å². The standard InChI is InChI=1S/C33H34FN3O2/c1-22-13-14-23(2)30(21-22)37(33(39)29-20-19-28(36-29)24-9-5-3-6-10-24)31(25-15-17-26(34)18-16-25)32(38)35-27-11-7-4-8-12-27/h3,5-6,9-10,13-21,27,31,36H,4,7-8,11-12H2,1-2H3,(H,35,38). The number of nitrogens with zero attached hydrogens (tertiary/aromatic N) is 1. The number of H-pyrrole nitrogens is 1. The molecule has 3 aromatic carbocycles. The average Bonchev–Trinajstić information content (AvgIpc) is 3.45. The van der Waals surface area contributed by atoms with E-state index in [1.54, 1.807) is 23.1 Å². The topological polar surface area (TPSA) is 65.2 Å². The molecule has 2 N–H and O–H groups in total. The van der Waals surface area contributed by atoms with E-state index in [0.717, 1.165) is 54.5 Å². The molecule has 1 atom stereocenters. The molecule has 4 aromatic rings. The van der Waals surface area contributed by atoms with Gasteiger partial charge in [0.2, 0.25) is 5.91 Å². The molecule has 1 aromatic heterocycles. The van der Waals surface area contributed by atoms with Crippen LogP contribution in [0.5, 0.6) is 0 Å². The summed E-state index contributed by atoms with van der Waals surface area (Å²) in [5.74, 6) is -0.997. The maximum Gasteiger partial charge on any atom is 0.275 e. The lowest BCUT2D eigenvalue weighted by molar-refractivity contribution is -0.123. The van der Waals surface area contributed by atoms with Gasteiger partial charge in [0.1, 0.15) is 17.6 Å². The number of amides is 2. The van der Waals surface area contributed by atoms with Crippen LogP contribution in [0.25, 0.3) is 11.3 Å². The SMILES string of the molecule is Cc1ccc(C)c(N(C(=O)c2ccc(-c3ccccc3)[nH]2)C(C(=O)NC2CCCCC2)c2ccc(F)cc2)c1. The molecule has 0 spiro atoms. The molecule has 5 rings (SSSR count). The molecule has 39 heavy (non-hydrogen) atoms. The highest BCUT2D eigenvalue weighted by molar-refractivity contribution is 6.10. The van der Waals surface area contributed by atoms with E-state index in [1.807, 2.05) is 68.4 Å². The zero-order valence-electron chi connectivity index (χ0n) is 22.4. The van der Waals surface area contributed by atoms with Gasteiger partial charge in [0.15, 0.2) is 0 Å². The Labute approximate surface area is 229 Å². The van der Waals surface area contributed by atoms with Crippen LogP contribution < -0.4 is 10.2 Å². The number of anilines is 1. The van der Waals surface area contributed by atoms with Gasteiger partial charge in [-0.15, -0.1) is 0 Å². The van der Waals surface area contributed by atoms with Gasteiger partial charge < -0.3 is 10.3 Å². The first kappa shape index (κ1) is 26.4. The molecule has 1 heterocycles. The Morgan fingerprint density at radius 2 is 1.62 bits per heavy atom. The summed E-state index contributed by atoms with van der Waals surface area (Å²) in [6, 6.07) is 24.2. The van der Waals surface area contributed by atoms with Gasteiger partial charge in [0, 0.05) is 17.4 Å². The smallest absolute Gasteiger partial charge is 0.275 e. The summed E-state index contributed by atoms with van der Waals surface area (Å²) in [7, 11) is 0. The van der Waals surface area contributed by atoms with Gasteiger partial charge in [-0.1, -0.05) is 73.9 Å². The Balaban J connectivity index is 1.61. The molecular formula is C33H34FN3O2. The van der Waals surface area contributed by atoms with Crippen LogP contribution in [0.2, 0.25) is 0 Å². The van der Waals surface area contributed by atoms with Gasteiger partial charge in [-0.25, -0.2) is 4.39 Å². The van der Waals surface area contributed by atoms with Crippen LogP contribution in [0.15, 0.2) is 84.9 Å². The average molecular weight is 524 g/mol. The van der Waals surface area contributed by atoms with E-state index in [9.17, 15) is 14.0 Å². The summed E-state index contributed by atoms with van der Waals surface area (Å²) in [4.78, 5) is 33.3. The monoisotopic (exact) mass is 523 g/mol. The van der Waals surface area contributed by atoms with Crippen molar-refractivity contribution in [3.8, 4) is 11.3 Å². The van der Waals surface area contributed by atoms with Crippen LogP contribution in [0.3, 0.4) is 0 Å². The molecule has 6 heteroatoms. The van der Waals surface area contributed by atoms with E-state index in [2.05, 4.69) is 10.3 Å². The van der Waals surface area contributed by atoms with E-state index < -0.39 is 11.9 Å². The number of halogens is 1. The third kappa shape index (κ3) is 5.95. The third-order valence-corrected chi connectivity index (χ3v) is 7.49. The number of carbonyl (C=O) groups is 2. The van der Waals surface area contributed by atoms with Gasteiger partial charge in [-0.2, -0.15) is 0 Å². The first-order valence-corrected chi connectivity index (χ1v) is 13.6. The first-order chi connectivity index (χ1) is 18.9. The van der Waals surface area contributed by atoms with Crippen LogP contribution >= 0.6 is 0 Å². The fourth-order valence-electron chi connectivity index (χ4n) is 5.37. The number of hydrogen-bond donors (Lipinski definition) is 2. The summed E-state index contributed by atoms with van der Waals surface area (Å²) in [5, 5.41) is 3.22. The second-order valence-electron chi connectivity index (χ2n) is 10.4. The predicted molar refractivity (Wildman–Crippen MR) is 153 cm³/mol. The number of hydrogen-bond acceptors (Lipinski definition) is 2. The van der Waals surface area contributed by atoms with Crippen molar-refractivity contribution in [2.24, 2.45) is 0 Å². The summed E-state index contributed by atoms with van der Waals surface area (Å²) in [5.41, 5.74) is 5.16. The minimum Gasteiger partial charge on any atom is -0.351 e. The molecule has 1 aliphatic rings. The molecule has 0 radical (unpaired) electrons. The number of aromatic nitrogens is 1. The fraction of sp³-hybridized carbons (Fsp3) is 0.273. The number of nitrogens with one attached hydrogen (secondary N) is 2. The van der Waals surface area contributed by atoms with E-state index in [1.165, 1.54) is 12.1 Å². The highest BCUT2D eigenvalue weighted by atomic mass is 19.1. The largest absolute Gasteiger partial charge is 0.351 e. The van der Waals surface area contributed by atoms with Crippen LogP contribution in [0.4, 0.5) is 10.1 Å². The molecule has 2 amide bonds. The van der Waals surface area contributed by atoms with Gasteiger partial charge in [0.05, 0.1) is 0 Å². The van der Waals surface area contributed by atoms with Gasteiger partial charge >= 0.3 is 0 Å². The summed E-state index contributed by atoms with van der Waals surface area (Å²) < 4.78 is 14.0. The van der Waals surface area contributed by atoms with Crippen molar-refractivity contribution in [2.45, 2.75) is 58.0 Å². The number of aromatic amines is 1. The fourth-order valence-corrected chi connectivity index (χ4v) is 5.37. The summed E-state index contributed by atoms with van der Waals surface area (Å²) in [6.07, 6.45) is 5.12. The Bertz CT molecular complexity index is 1440. The quantitative estimate of drug-likeness (QED) is 0.267. The Kier molecular flexibility index (Phi) is 7.92. The maximum atomic E-state index is 14.4. The van der Waals surface area contributed by atoms with Crippen molar-refractivity contribution >= 4 is 17.5 Å². The van der Waals surface area contributed by atoms with Gasteiger partial charge in [0.25, 0.3) is 5.91 Å². The van der Waals surface area contributed by atoms with Crippen molar-refractivity contribution in [3.05, 3.63) is 113 Å². The number of carbonyl (C=O) groups excluding carboxylic acids is 2. The van der Waals surface area contributed by atoms with Gasteiger partial charge in [-0.3, -0.25) is 14.5 Å². The second kappa shape index (κ2) is 11.7. The lowest BCUT2D eigenvalue weighted by Gasteiger charge is -2.34. The number of benzene rings is 3. The minimum atomic E-state index is -0.982. The van der Waals surface area contributed by atoms with Crippen LogP contribution in [0.1, 0.15) is 65.3 Å². The van der Waals surface area contributed by atoms with Gasteiger partial charge in [-0.05, 0) is 79.3 Å². The van der Waals surface area contributed by atoms with Crippen LogP contribution in [-0.2, 0) is 4.79 Å². The molecule has 1 aliphatic carbocycles.